The minimum atomic E-state index is -1.06. The molecule has 0 aliphatic heterocycles. The first-order chi connectivity index (χ1) is 12.0. The van der Waals surface area contributed by atoms with Crippen LogP contribution in [0.25, 0.3) is 0 Å². The molecule has 0 aromatic heterocycles. The Morgan fingerprint density at radius 1 is 0.920 bits per heavy atom. The zero-order valence-corrected chi connectivity index (χ0v) is 15.2. The predicted molar refractivity (Wildman–Crippen MR) is 97.7 cm³/mol. The van der Waals surface area contributed by atoms with E-state index in [-0.39, 0.29) is 6.42 Å². The second-order valence-corrected chi connectivity index (χ2v) is 6.18. The highest BCUT2D eigenvalue weighted by molar-refractivity contribution is 5.64. The Bertz CT molecular complexity index is 414. The fourth-order valence-corrected chi connectivity index (χ4v) is 2.17. The topological polar surface area (TPSA) is 101 Å². The second kappa shape index (κ2) is 16.1. The Morgan fingerprint density at radius 2 is 1.56 bits per heavy atom. The number of aliphatic hydroxyl groups excluding tert-OH is 3. The van der Waals surface area contributed by atoms with E-state index in [1.54, 1.807) is 6.08 Å². The fourth-order valence-electron chi connectivity index (χ4n) is 2.17. The molecule has 2 unspecified atom stereocenters. The summed E-state index contributed by atoms with van der Waals surface area (Å²) in [6, 6.07) is 0. The van der Waals surface area contributed by atoms with Gasteiger partial charge in [0.2, 0.25) is 0 Å². The Balaban J connectivity index is 3.91. The summed E-state index contributed by atoms with van der Waals surface area (Å²) < 4.78 is 0. The molecule has 25 heavy (non-hydrogen) atoms. The average molecular weight is 353 g/mol. The van der Waals surface area contributed by atoms with E-state index >= 15 is 0 Å². The van der Waals surface area contributed by atoms with E-state index in [0.717, 1.165) is 12.8 Å². The number of aliphatic hydroxyl groups is 3. The highest BCUT2D eigenvalue weighted by atomic mass is 16.4. The van der Waals surface area contributed by atoms with E-state index in [9.17, 15) is 25.2 Å². The van der Waals surface area contributed by atoms with Gasteiger partial charge in [0.05, 0.1) is 18.3 Å². The van der Waals surface area contributed by atoms with Gasteiger partial charge in [0.15, 0.2) is 0 Å². The number of carbonyl (C=O) groups excluding carboxylic acids is 1. The maximum absolute atomic E-state index is 10.2. The van der Waals surface area contributed by atoms with E-state index in [0.29, 0.717) is 25.7 Å². The van der Waals surface area contributed by atoms with Crippen molar-refractivity contribution in [1.29, 1.82) is 0 Å². The highest BCUT2D eigenvalue weighted by Gasteiger charge is 2.11. The molecule has 0 aliphatic carbocycles. The van der Waals surface area contributed by atoms with Crippen LogP contribution in [0.3, 0.4) is 0 Å². The maximum Gasteiger partial charge on any atom is 0.0983 e. The summed E-state index contributed by atoms with van der Waals surface area (Å²) in [5.41, 5.74) is 0. The molecule has 0 aromatic carbocycles. The number of aliphatic carboxylic acids is 1. The van der Waals surface area contributed by atoms with E-state index in [1.807, 2.05) is 18.2 Å². The van der Waals surface area contributed by atoms with Gasteiger partial charge in [-0.05, 0) is 44.9 Å². The predicted octanol–water partition coefficient (Wildman–Crippen LogP) is 2.02. The van der Waals surface area contributed by atoms with Crippen LogP contribution in [0.2, 0.25) is 0 Å². The van der Waals surface area contributed by atoms with Gasteiger partial charge in [-0.15, -0.1) is 0 Å². The molecule has 0 amide bonds. The fraction of sp³-hybridized carbons (Fsp3) is 0.650. The summed E-state index contributed by atoms with van der Waals surface area (Å²) in [5, 5.41) is 39.7. The van der Waals surface area contributed by atoms with Crippen molar-refractivity contribution >= 4 is 5.97 Å². The van der Waals surface area contributed by atoms with Gasteiger partial charge < -0.3 is 25.2 Å². The first-order valence-electron chi connectivity index (χ1n) is 9.19. The molecule has 0 bridgehead atoms. The van der Waals surface area contributed by atoms with Gasteiger partial charge in [0, 0.05) is 5.97 Å². The first-order valence-corrected chi connectivity index (χ1v) is 9.19. The van der Waals surface area contributed by atoms with Crippen LogP contribution >= 0.6 is 0 Å². The van der Waals surface area contributed by atoms with Crippen molar-refractivity contribution < 1.29 is 25.2 Å². The number of hydrogen-bond donors (Lipinski definition) is 3. The molecular weight excluding hydrogens is 320 g/mol. The molecule has 0 aromatic rings. The summed E-state index contributed by atoms with van der Waals surface area (Å²) in [6.45, 7) is 2.15. The van der Waals surface area contributed by atoms with Gasteiger partial charge in [0.1, 0.15) is 0 Å². The number of carboxylic acids is 1. The summed E-state index contributed by atoms with van der Waals surface area (Å²) in [7, 11) is 0. The van der Waals surface area contributed by atoms with Crippen molar-refractivity contribution in [3.8, 4) is 0 Å². The lowest BCUT2D eigenvalue weighted by Crippen LogP contribution is -2.23. The Morgan fingerprint density at radius 3 is 2.20 bits per heavy atom. The van der Waals surface area contributed by atoms with Crippen LogP contribution in [-0.4, -0.2) is 39.6 Å². The molecule has 0 saturated heterocycles. The third-order valence-electron chi connectivity index (χ3n) is 3.74. The van der Waals surface area contributed by atoms with Gasteiger partial charge in [0.25, 0.3) is 0 Å². The molecule has 3 atom stereocenters. The largest absolute Gasteiger partial charge is 0.550 e. The van der Waals surface area contributed by atoms with Crippen LogP contribution in [0.15, 0.2) is 36.5 Å². The Kier molecular flexibility index (Phi) is 15.1. The van der Waals surface area contributed by atoms with Gasteiger partial charge in [-0.2, -0.15) is 0 Å². The minimum absolute atomic E-state index is 0.0317. The van der Waals surface area contributed by atoms with Gasteiger partial charge >= 0.3 is 0 Å². The van der Waals surface area contributed by atoms with Crippen molar-refractivity contribution in [2.24, 2.45) is 0 Å². The Labute approximate surface area is 151 Å². The average Bonchev–Trinajstić information content (AvgIpc) is 2.58. The third-order valence-corrected chi connectivity index (χ3v) is 3.74. The van der Waals surface area contributed by atoms with Crippen LogP contribution < -0.4 is 5.11 Å². The monoisotopic (exact) mass is 353 g/mol. The maximum atomic E-state index is 10.2. The lowest BCUT2D eigenvalue weighted by atomic mass is 10.1. The smallest absolute Gasteiger partial charge is 0.0983 e. The van der Waals surface area contributed by atoms with E-state index in [1.165, 1.54) is 25.0 Å². The second-order valence-electron chi connectivity index (χ2n) is 6.18. The lowest BCUT2D eigenvalue weighted by molar-refractivity contribution is -0.305. The summed E-state index contributed by atoms with van der Waals surface area (Å²) in [5.74, 6) is -1.06. The Hall–Kier alpha value is -1.43. The molecular formula is C20H33O5-. The molecule has 3 N–H and O–H groups in total. The molecule has 144 valence electrons. The molecule has 0 aliphatic rings. The van der Waals surface area contributed by atoms with E-state index in [4.69, 9.17) is 0 Å². The highest BCUT2D eigenvalue weighted by Crippen LogP contribution is 2.06. The van der Waals surface area contributed by atoms with Crippen molar-refractivity contribution in [3.63, 3.8) is 0 Å². The molecule has 5 nitrogen and oxygen atoms in total. The van der Waals surface area contributed by atoms with Crippen molar-refractivity contribution in [2.45, 2.75) is 83.0 Å². The number of carbonyl (C=O) groups is 1. The number of rotatable bonds is 15. The number of allylic oxidation sites excluding steroid dienone is 2. The molecule has 0 rings (SSSR count). The number of hydrogen-bond acceptors (Lipinski definition) is 5. The summed E-state index contributed by atoms with van der Waals surface area (Å²) in [4.78, 5) is 10.2. The van der Waals surface area contributed by atoms with Crippen LogP contribution in [-0.2, 0) is 4.79 Å². The zero-order valence-electron chi connectivity index (χ0n) is 15.2. The SMILES string of the molecule is CCCCC/C=C\C[C@H](O)C(O)/C=C/C(O)C/C=C\CCCC(=O)[O-]. The van der Waals surface area contributed by atoms with Gasteiger partial charge in [-0.3, -0.25) is 0 Å². The zero-order chi connectivity index (χ0) is 18.9. The van der Waals surface area contributed by atoms with Crippen LogP contribution in [0.4, 0.5) is 0 Å². The minimum Gasteiger partial charge on any atom is -0.550 e. The third kappa shape index (κ3) is 15.8. The molecule has 0 radical (unpaired) electrons. The quantitative estimate of drug-likeness (QED) is 0.309. The van der Waals surface area contributed by atoms with Crippen LogP contribution in [0.5, 0.6) is 0 Å². The molecule has 0 fully saturated rings. The molecule has 0 saturated carbocycles. The number of unbranched alkanes of at least 4 members (excludes halogenated alkanes) is 4. The normalized spacial score (nSPS) is 16.0. The summed E-state index contributed by atoms with van der Waals surface area (Å²) >= 11 is 0. The van der Waals surface area contributed by atoms with Crippen molar-refractivity contribution in [1.82, 2.24) is 0 Å². The van der Waals surface area contributed by atoms with Crippen molar-refractivity contribution in [2.75, 3.05) is 0 Å². The molecule has 0 heterocycles. The standard InChI is InChI=1S/C20H34O5/c1-2-3-4-5-6-10-13-18(22)19(23)16-15-17(21)12-9-7-8-11-14-20(24)25/h6-7,9-10,15-19,21-23H,2-5,8,11-14H2,1H3,(H,24,25)/p-1/b9-7-,10-6-,16-15+/t17?,18-,19?/m0/s1. The number of carboxylic acid groups (broad SMARTS) is 1. The van der Waals surface area contributed by atoms with Gasteiger partial charge in [-0.25, -0.2) is 0 Å². The van der Waals surface area contributed by atoms with Crippen LogP contribution in [0.1, 0.15) is 64.7 Å². The molecule has 5 heteroatoms. The van der Waals surface area contributed by atoms with Gasteiger partial charge in [-0.1, -0.05) is 56.2 Å². The van der Waals surface area contributed by atoms with Crippen LogP contribution in [0, 0.1) is 0 Å². The van der Waals surface area contributed by atoms with Crippen molar-refractivity contribution in [3.05, 3.63) is 36.5 Å². The molecule has 0 spiro atoms. The van der Waals surface area contributed by atoms with E-state index in [2.05, 4.69) is 6.92 Å². The van der Waals surface area contributed by atoms with E-state index < -0.39 is 24.3 Å². The summed E-state index contributed by atoms with van der Waals surface area (Å²) in [6.07, 6.45) is 14.1. The lowest BCUT2D eigenvalue weighted by Gasteiger charge is -2.13. The first kappa shape index (κ1) is 23.6.